The fourth-order valence-corrected chi connectivity index (χ4v) is 3.52. The molecule has 0 saturated heterocycles. The second-order valence-electron chi connectivity index (χ2n) is 5.59. The summed E-state index contributed by atoms with van der Waals surface area (Å²) >= 11 is 6.64. The molecular weight excluding hydrogens is 404 g/mol. The summed E-state index contributed by atoms with van der Waals surface area (Å²) in [6.45, 7) is 1.61. The molecule has 0 aliphatic rings. The van der Waals surface area contributed by atoms with E-state index < -0.39 is 28.5 Å². The number of aryl methyl sites for hydroxylation is 1. The average molecular weight is 415 g/mol. The fourth-order valence-electron chi connectivity index (χ4n) is 2.33. The average Bonchev–Trinajstić information content (AvgIpc) is 2.98. The van der Waals surface area contributed by atoms with E-state index in [2.05, 4.69) is 10.3 Å². The lowest BCUT2D eigenvalue weighted by molar-refractivity contribution is -0.137. The summed E-state index contributed by atoms with van der Waals surface area (Å²) < 4.78 is 51.9. The lowest BCUT2D eigenvalue weighted by atomic mass is 10.2. The summed E-state index contributed by atoms with van der Waals surface area (Å²) in [6.07, 6.45) is -4.63. The Morgan fingerprint density at radius 1 is 1.15 bits per heavy atom. The number of alkyl halides is 3. The van der Waals surface area contributed by atoms with Gasteiger partial charge in [-0.15, -0.1) is 11.3 Å². The van der Waals surface area contributed by atoms with Crippen molar-refractivity contribution in [2.45, 2.75) is 13.1 Å². The van der Waals surface area contributed by atoms with Gasteiger partial charge in [0.1, 0.15) is 15.7 Å². The van der Waals surface area contributed by atoms with Crippen LogP contribution in [-0.4, -0.2) is 10.9 Å². The first kappa shape index (κ1) is 19.3. The largest absolute Gasteiger partial charge is 0.417 e. The SMILES string of the molecule is Cc1nc(-c2ccc(F)cc2)sc1C(=O)Nc1ccc(Cl)c(C(F)(F)F)c1. The molecule has 1 N–H and O–H groups in total. The molecule has 0 aliphatic heterocycles. The topological polar surface area (TPSA) is 42.0 Å². The quantitative estimate of drug-likeness (QED) is 0.520. The Labute approximate surface area is 160 Å². The molecule has 2 aromatic carbocycles. The van der Waals surface area contributed by atoms with Gasteiger partial charge < -0.3 is 5.32 Å². The normalized spacial score (nSPS) is 11.5. The Morgan fingerprint density at radius 2 is 1.81 bits per heavy atom. The number of amides is 1. The predicted octanol–water partition coefficient (Wildman–Crippen LogP) is 6.18. The lowest BCUT2D eigenvalue weighted by Gasteiger charge is -2.11. The van der Waals surface area contributed by atoms with Crippen LogP contribution in [0.3, 0.4) is 0 Å². The van der Waals surface area contributed by atoms with Gasteiger partial charge >= 0.3 is 6.18 Å². The van der Waals surface area contributed by atoms with Crippen LogP contribution in [0.4, 0.5) is 23.2 Å². The zero-order valence-corrected chi connectivity index (χ0v) is 15.3. The zero-order valence-electron chi connectivity index (χ0n) is 13.7. The van der Waals surface area contributed by atoms with E-state index in [9.17, 15) is 22.4 Å². The van der Waals surface area contributed by atoms with Crippen LogP contribution in [0, 0.1) is 12.7 Å². The number of carbonyl (C=O) groups excluding carboxylic acids is 1. The number of aromatic nitrogens is 1. The molecule has 3 aromatic rings. The molecule has 0 radical (unpaired) electrons. The standard InChI is InChI=1S/C18H11ClF4N2OS/c1-9-15(27-17(24-9)10-2-4-11(20)5-3-10)16(26)25-12-6-7-14(19)13(8-12)18(21,22)23/h2-8H,1H3,(H,25,26). The predicted molar refractivity (Wildman–Crippen MR) is 96.7 cm³/mol. The highest BCUT2D eigenvalue weighted by Crippen LogP contribution is 2.36. The van der Waals surface area contributed by atoms with Gasteiger partial charge in [-0.1, -0.05) is 11.6 Å². The molecule has 0 spiro atoms. The number of benzene rings is 2. The van der Waals surface area contributed by atoms with E-state index in [1.807, 2.05) is 0 Å². The number of thiazole rings is 1. The Bertz CT molecular complexity index is 1000. The molecule has 3 rings (SSSR count). The van der Waals surface area contributed by atoms with Crippen LogP contribution in [-0.2, 0) is 6.18 Å². The van der Waals surface area contributed by atoms with Gasteiger partial charge in [0.15, 0.2) is 0 Å². The van der Waals surface area contributed by atoms with Gasteiger partial charge in [0.05, 0.1) is 16.3 Å². The molecule has 1 heterocycles. The summed E-state index contributed by atoms with van der Waals surface area (Å²) in [5.74, 6) is -0.984. The summed E-state index contributed by atoms with van der Waals surface area (Å²) in [5, 5.41) is 2.48. The van der Waals surface area contributed by atoms with E-state index in [1.54, 1.807) is 6.92 Å². The van der Waals surface area contributed by atoms with Crippen molar-refractivity contribution in [3.63, 3.8) is 0 Å². The van der Waals surface area contributed by atoms with Crippen LogP contribution in [0.2, 0.25) is 5.02 Å². The number of hydrogen-bond donors (Lipinski definition) is 1. The third-order valence-electron chi connectivity index (χ3n) is 3.62. The van der Waals surface area contributed by atoms with Gasteiger partial charge in [-0.25, -0.2) is 9.37 Å². The van der Waals surface area contributed by atoms with E-state index in [0.29, 0.717) is 16.3 Å². The molecular formula is C18H11ClF4N2OS. The maximum absolute atomic E-state index is 13.0. The molecule has 0 unspecified atom stereocenters. The second-order valence-corrected chi connectivity index (χ2v) is 6.99. The Morgan fingerprint density at radius 3 is 2.44 bits per heavy atom. The minimum absolute atomic E-state index is 0.0344. The second kappa shape index (κ2) is 7.28. The van der Waals surface area contributed by atoms with E-state index in [0.717, 1.165) is 23.5 Å². The summed E-state index contributed by atoms with van der Waals surface area (Å²) in [5.41, 5.74) is -0.0147. The first-order chi connectivity index (χ1) is 12.6. The van der Waals surface area contributed by atoms with Gasteiger partial charge in [-0.3, -0.25) is 4.79 Å². The summed E-state index contributed by atoms with van der Waals surface area (Å²) in [6, 6.07) is 8.75. The first-order valence-corrected chi connectivity index (χ1v) is 8.76. The molecule has 0 aliphatic carbocycles. The molecule has 1 aromatic heterocycles. The van der Waals surface area contributed by atoms with Gasteiger partial charge in [0.2, 0.25) is 0 Å². The van der Waals surface area contributed by atoms with Crippen molar-refractivity contribution in [3.05, 3.63) is 69.4 Å². The Balaban J connectivity index is 1.86. The number of carbonyl (C=O) groups is 1. The van der Waals surface area contributed by atoms with Gasteiger partial charge in [-0.2, -0.15) is 13.2 Å². The van der Waals surface area contributed by atoms with E-state index >= 15 is 0 Å². The van der Waals surface area contributed by atoms with Crippen LogP contribution in [0.25, 0.3) is 10.6 Å². The fraction of sp³-hybridized carbons (Fsp3) is 0.111. The first-order valence-electron chi connectivity index (χ1n) is 7.56. The van der Waals surface area contributed by atoms with Crippen LogP contribution < -0.4 is 5.32 Å². The number of anilines is 1. The maximum Gasteiger partial charge on any atom is 0.417 e. The van der Waals surface area contributed by atoms with Crippen LogP contribution >= 0.6 is 22.9 Å². The third-order valence-corrected chi connectivity index (χ3v) is 5.16. The highest BCUT2D eigenvalue weighted by atomic mass is 35.5. The summed E-state index contributed by atoms with van der Waals surface area (Å²) in [7, 11) is 0. The van der Waals surface area contributed by atoms with E-state index in [1.165, 1.54) is 30.3 Å². The molecule has 9 heteroatoms. The van der Waals surface area contributed by atoms with Crippen molar-refractivity contribution in [3.8, 4) is 10.6 Å². The molecule has 0 fully saturated rings. The Hall–Kier alpha value is -2.45. The van der Waals surface area contributed by atoms with Crippen molar-refractivity contribution in [1.29, 1.82) is 0 Å². The lowest BCUT2D eigenvalue weighted by Crippen LogP contribution is -2.13. The number of nitrogens with zero attached hydrogens (tertiary/aromatic N) is 1. The summed E-state index contributed by atoms with van der Waals surface area (Å²) in [4.78, 5) is 17.0. The number of hydrogen-bond acceptors (Lipinski definition) is 3. The molecule has 0 bridgehead atoms. The monoisotopic (exact) mass is 414 g/mol. The number of rotatable bonds is 3. The molecule has 140 valence electrons. The van der Waals surface area contributed by atoms with Gasteiger partial charge in [0, 0.05) is 11.3 Å². The van der Waals surface area contributed by atoms with Crippen LogP contribution in [0.1, 0.15) is 20.9 Å². The molecule has 27 heavy (non-hydrogen) atoms. The van der Waals surface area contributed by atoms with Crippen molar-refractivity contribution in [2.24, 2.45) is 0 Å². The minimum atomic E-state index is -4.63. The Kier molecular flexibility index (Phi) is 5.21. The number of halogens is 5. The highest BCUT2D eigenvalue weighted by molar-refractivity contribution is 7.17. The minimum Gasteiger partial charge on any atom is -0.321 e. The van der Waals surface area contributed by atoms with Crippen molar-refractivity contribution in [1.82, 2.24) is 4.98 Å². The molecule has 0 saturated carbocycles. The third kappa shape index (κ3) is 4.28. The van der Waals surface area contributed by atoms with Crippen LogP contribution in [0.5, 0.6) is 0 Å². The van der Waals surface area contributed by atoms with E-state index in [4.69, 9.17) is 11.6 Å². The van der Waals surface area contributed by atoms with Crippen LogP contribution in [0.15, 0.2) is 42.5 Å². The highest BCUT2D eigenvalue weighted by Gasteiger charge is 2.33. The molecule has 1 amide bonds. The maximum atomic E-state index is 13.0. The van der Waals surface area contributed by atoms with Crippen molar-refractivity contribution < 1.29 is 22.4 Å². The zero-order chi connectivity index (χ0) is 19.8. The van der Waals surface area contributed by atoms with Gasteiger partial charge in [-0.05, 0) is 49.4 Å². The van der Waals surface area contributed by atoms with E-state index in [-0.39, 0.29) is 10.6 Å². The number of nitrogens with one attached hydrogen (secondary N) is 1. The smallest absolute Gasteiger partial charge is 0.321 e. The van der Waals surface area contributed by atoms with Gasteiger partial charge in [0.25, 0.3) is 5.91 Å². The van der Waals surface area contributed by atoms with Crippen molar-refractivity contribution in [2.75, 3.05) is 5.32 Å². The molecule has 0 atom stereocenters. The molecule has 3 nitrogen and oxygen atoms in total. The van der Waals surface area contributed by atoms with Crippen molar-refractivity contribution >= 4 is 34.5 Å².